The average molecular weight is 392 g/mol. The number of hydrogen-bond donors (Lipinski definition) is 0. The monoisotopic (exact) mass is 392 g/mol. The summed E-state index contributed by atoms with van der Waals surface area (Å²) in [6.07, 6.45) is -4.36. The molecule has 4 nitrogen and oxygen atoms in total. The number of nitrogens with zero attached hydrogens (tertiary/aromatic N) is 2. The number of anilines is 1. The molecule has 3 rings (SSSR count). The Labute approximate surface area is 162 Å². The summed E-state index contributed by atoms with van der Waals surface area (Å²) in [6.45, 7) is 6.26. The third-order valence-electron chi connectivity index (χ3n) is 4.83. The van der Waals surface area contributed by atoms with Crippen molar-refractivity contribution in [3.63, 3.8) is 0 Å². The molecule has 2 aromatic carbocycles. The van der Waals surface area contributed by atoms with E-state index in [1.807, 2.05) is 24.8 Å². The van der Waals surface area contributed by atoms with Crippen molar-refractivity contribution in [2.45, 2.75) is 20.0 Å². The maximum absolute atomic E-state index is 12.9. The van der Waals surface area contributed by atoms with Crippen molar-refractivity contribution < 1.29 is 22.7 Å². The number of halogens is 3. The number of carbonyl (C=O) groups excluding carboxylic acids is 1. The number of hydrogen-bond acceptors (Lipinski definition) is 3. The molecule has 0 aliphatic carbocycles. The summed E-state index contributed by atoms with van der Waals surface area (Å²) in [5, 5.41) is 0. The molecule has 1 fully saturated rings. The molecule has 0 radical (unpaired) electrons. The van der Waals surface area contributed by atoms with Crippen LogP contribution < -0.4 is 9.64 Å². The van der Waals surface area contributed by atoms with E-state index in [0.29, 0.717) is 44.0 Å². The predicted octanol–water partition coefficient (Wildman–Crippen LogP) is 4.37. The van der Waals surface area contributed by atoms with Gasteiger partial charge in [0, 0.05) is 37.4 Å². The zero-order valence-electron chi connectivity index (χ0n) is 15.9. The van der Waals surface area contributed by atoms with E-state index in [2.05, 4.69) is 0 Å². The number of carbonyl (C=O) groups is 1. The van der Waals surface area contributed by atoms with Crippen molar-refractivity contribution >= 4 is 11.6 Å². The van der Waals surface area contributed by atoms with E-state index >= 15 is 0 Å². The van der Waals surface area contributed by atoms with Crippen LogP contribution in [0, 0.1) is 6.92 Å². The molecule has 0 aromatic heterocycles. The number of rotatable bonds is 4. The SMILES string of the molecule is CCOc1ccc(C(=O)N2CCN(c3cccc(C(F)(F)F)c3)CC2)cc1C. The number of benzene rings is 2. The topological polar surface area (TPSA) is 32.8 Å². The lowest BCUT2D eigenvalue weighted by Gasteiger charge is -2.36. The molecule has 1 amide bonds. The molecule has 2 aromatic rings. The van der Waals surface area contributed by atoms with Crippen molar-refractivity contribution in [1.29, 1.82) is 0 Å². The Bertz CT molecular complexity index is 844. The minimum absolute atomic E-state index is 0.0742. The molecule has 1 saturated heterocycles. The van der Waals surface area contributed by atoms with E-state index in [-0.39, 0.29) is 5.91 Å². The first-order valence-electron chi connectivity index (χ1n) is 9.24. The highest BCUT2D eigenvalue weighted by atomic mass is 19.4. The Balaban J connectivity index is 1.65. The fourth-order valence-corrected chi connectivity index (χ4v) is 3.33. The second-order valence-electron chi connectivity index (χ2n) is 6.74. The summed E-state index contributed by atoms with van der Waals surface area (Å²) in [7, 11) is 0. The van der Waals surface area contributed by atoms with Crippen LogP contribution in [0.5, 0.6) is 5.75 Å². The molecular weight excluding hydrogens is 369 g/mol. The number of piperazine rings is 1. The first-order valence-corrected chi connectivity index (χ1v) is 9.24. The van der Waals surface area contributed by atoms with Gasteiger partial charge in [-0.1, -0.05) is 6.07 Å². The van der Waals surface area contributed by atoms with Crippen molar-refractivity contribution in [3.05, 3.63) is 59.2 Å². The van der Waals surface area contributed by atoms with Crippen molar-refractivity contribution in [3.8, 4) is 5.75 Å². The molecule has 1 aliphatic heterocycles. The molecule has 0 bridgehead atoms. The van der Waals surface area contributed by atoms with Crippen LogP contribution in [-0.2, 0) is 6.18 Å². The van der Waals surface area contributed by atoms with Crippen LogP contribution in [0.3, 0.4) is 0 Å². The van der Waals surface area contributed by atoms with Crippen LogP contribution in [0.1, 0.15) is 28.4 Å². The van der Waals surface area contributed by atoms with Gasteiger partial charge < -0.3 is 14.5 Å². The Hall–Kier alpha value is -2.70. The van der Waals surface area contributed by atoms with Gasteiger partial charge in [0.2, 0.25) is 0 Å². The van der Waals surface area contributed by atoms with E-state index in [9.17, 15) is 18.0 Å². The molecule has 1 aliphatic rings. The molecular formula is C21H23F3N2O2. The molecule has 7 heteroatoms. The Kier molecular flexibility index (Phi) is 5.82. The fraction of sp³-hybridized carbons (Fsp3) is 0.381. The largest absolute Gasteiger partial charge is 0.494 e. The third-order valence-corrected chi connectivity index (χ3v) is 4.83. The van der Waals surface area contributed by atoms with Crippen molar-refractivity contribution in [1.82, 2.24) is 4.90 Å². The lowest BCUT2D eigenvalue weighted by Crippen LogP contribution is -2.48. The van der Waals surface area contributed by atoms with Crippen LogP contribution >= 0.6 is 0 Å². The highest BCUT2D eigenvalue weighted by molar-refractivity contribution is 5.94. The van der Waals surface area contributed by atoms with E-state index in [1.54, 1.807) is 23.1 Å². The number of aryl methyl sites for hydroxylation is 1. The number of ether oxygens (including phenoxy) is 1. The summed E-state index contributed by atoms with van der Waals surface area (Å²) in [5.41, 5.74) is 1.36. The third kappa shape index (κ3) is 4.40. The molecule has 0 spiro atoms. The van der Waals surface area contributed by atoms with Gasteiger partial charge in [-0.3, -0.25) is 4.79 Å². The fourth-order valence-electron chi connectivity index (χ4n) is 3.33. The number of amides is 1. The smallest absolute Gasteiger partial charge is 0.416 e. The van der Waals surface area contributed by atoms with Crippen LogP contribution in [0.25, 0.3) is 0 Å². The van der Waals surface area contributed by atoms with Crippen molar-refractivity contribution in [2.24, 2.45) is 0 Å². The van der Waals surface area contributed by atoms with E-state index in [1.165, 1.54) is 6.07 Å². The molecule has 28 heavy (non-hydrogen) atoms. The summed E-state index contributed by atoms with van der Waals surface area (Å²) in [6, 6.07) is 10.7. The van der Waals surface area contributed by atoms with Crippen molar-refractivity contribution in [2.75, 3.05) is 37.7 Å². The van der Waals surface area contributed by atoms with Gasteiger partial charge in [0.05, 0.1) is 12.2 Å². The Morgan fingerprint density at radius 1 is 1.07 bits per heavy atom. The van der Waals surface area contributed by atoms with Gasteiger partial charge in [0.1, 0.15) is 5.75 Å². The zero-order chi connectivity index (χ0) is 20.3. The van der Waals surface area contributed by atoms with E-state index in [4.69, 9.17) is 4.74 Å². The van der Waals surface area contributed by atoms with Gasteiger partial charge in [0.15, 0.2) is 0 Å². The summed E-state index contributed by atoms with van der Waals surface area (Å²) in [4.78, 5) is 16.4. The maximum Gasteiger partial charge on any atom is 0.416 e. The molecule has 150 valence electrons. The molecule has 0 atom stereocenters. The van der Waals surface area contributed by atoms with Crippen LogP contribution in [0.2, 0.25) is 0 Å². The molecule has 0 unspecified atom stereocenters. The average Bonchev–Trinajstić information content (AvgIpc) is 2.69. The second-order valence-corrected chi connectivity index (χ2v) is 6.74. The molecule has 0 N–H and O–H groups in total. The van der Waals surface area contributed by atoms with Gasteiger partial charge in [0.25, 0.3) is 5.91 Å². The predicted molar refractivity (Wildman–Crippen MR) is 102 cm³/mol. The summed E-state index contributed by atoms with van der Waals surface area (Å²) >= 11 is 0. The standard InChI is InChI=1S/C21H23F3N2O2/c1-3-28-19-8-7-16(13-15(19)2)20(27)26-11-9-25(10-12-26)18-6-4-5-17(14-18)21(22,23)24/h4-8,13-14H,3,9-12H2,1-2H3. The van der Waals surface area contributed by atoms with Gasteiger partial charge in [-0.2, -0.15) is 13.2 Å². The maximum atomic E-state index is 12.9. The zero-order valence-corrected chi connectivity index (χ0v) is 15.9. The van der Waals surface area contributed by atoms with E-state index < -0.39 is 11.7 Å². The minimum Gasteiger partial charge on any atom is -0.494 e. The van der Waals surface area contributed by atoms with E-state index in [0.717, 1.165) is 23.4 Å². The highest BCUT2D eigenvalue weighted by Gasteiger charge is 2.31. The second kappa shape index (κ2) is 8.12. The number of alkyl halides is 3. The summed E-state index contributed by atoms with van der Waals surface area (Å²) in [5.74, 6) is 0.684. The first-order chi connectivity index (χ1) is 13.3. The lowest BCUT2D eigenvalue weighted by atomic mass is 10.1. The highest BCUT2D eigenvalue weighted by Crippen LogP contribution is 2.32. The Morgan fingerprint density at radius 3 is 2.39 bits per heavy atom. The lowest BCUT2D eigenvalue weighted by molar-refractivity contribution is -0.137. The Morgan fingerprint density at radius 2 is 1.79 bits per heavy atom. The molecule has 1 heterocycles. The van der Waals surface area contributed by atoms with Gasteiger partial charge >= 0.3 is 6.18 Å². The quantitative estimate of drug-likeness (QED) is 0.774. The molecule has 0 saturated carbocycles. The minimum atomic E-state index is -4.36. The summed E-state index contributed by atoms with van der Waals surface area (Å²) < 4.78 is 44.3. The van der Waals surface area contributed by atoms with Gasteiger partial charge in [-0.15, -0.1) is 0 Å². The normalized spacial score (nSPS) is 14.9. The van der Waals surface area contributed by atoms with Crippen LogP contribution in [-0.4, -0.2) is 43.6 Å². The first kappa shape index (κ1) is 20.0. The van der Waals surface area contributed by atoms with Gasteiger partial charge in [-0.25, -0.2) is 0 Å². The van der Waals surface area contributed by atoms with Crippen LogP contribution in [0.15, 0.2) is 42.5 Å². The van der Waals surface area contributed by atoms with Crippen LogP contribution in [0.4, 0.5) is 18.9 Å². The van der Waals surface area contributed by atoms with Gasteiger partial charge in [-0.05, 0) is 55.8 Å².